The maximum atomic E-state index is 13.2. The Morgan fingerprint density at radius 1 is 0.241 bits per heavy atom. The topological polar surface area (TPSA) is 237 Å². The first-order valence-electron chi connectivity index (χ1n) is 48.1. The zero-order valence-electron chi connectivity index (χ0n) is 73.8. The van der Waals surface area contributed by atoms with E-state index in [2.05, 4.69) is 34.6 Å². The van der Waals surface area contributed by atoms with Gasteiger partial charge in [0.1, 0.15) is 19.3 Å². The van der Waals surface area contributed by atoms with Crippen LogP contribution in [0.5, 0.6) is 0 Å². The van der Waals surface area contributed by atoms with Crippen molar-refractivity contribution in [2.75, 3.05) is 39.6 Å². The van der Waals surface area contributed by atoms with Gasteiger partial charge in [-0.2, -0.15) is 0 Å². The molecule has 0 rings (SSSR count). The van der Waals surface area contributed by atoms with Gasteiger partial charge < -0.3 is 33.8 Å². The second kappa shape index (κ2) is 85.5. The van der Waals surface area contributed by atoms with Gasteiger partial charge in [-0.25, -0.2) is 9.13 Å². The van der Waals surface area contributed by atoms with Crippen LogP contribution in [0.25, 0.3) is 0 Å². The SMILES string of the molecule is CCCCCCCCCCCCCCCCCCCCCCCCC(=O)O[C@H](COC(=O)CCCCCCCCCCCCCCCCCCCCC(C)C)COP(=O)(O)OC[C@@H](O)COP(=O)(O)OC[C@@H](COC(=O)CCCCCCCCCCCCC)OC(=O)CCCCCCCCCCCCCCCCCCCC. The fourth-order valence-electron chi connectivity index (χ4n) is 14.7. The summed E-state index contributed by atoms with van der Waals surface area (Å²) in [4.78, 5) is 73.5. The molecule has 5 atom stereocenters. The van der Waals surface area contributed by atoms with Gasteiger partial charge in [0.2, 0.25) is 0 Å². The van der Waals surface area contributed by atoms with Crippen LogP contribution in [-0.2, 0) is 65.4 Å². The summed E-state index contributed by atoms with van der Waals surface area (Å²) < 4.78 is 69.1. The van der Waals surface area contributed by atoms with Crippen LogP contribution in [0.1, 0.15) is 510 Å². The molecule has 0 aromatic rings. The Hall–Kier alpha value is -1.94. The number of aliphatic hydroxyl groups excluding tert-OH is 1. The molecule has 0 heterocycles. The minimum Gasteiger partial charge on any atom is -0.462 e. The normalized spacial score (nSPS) is 13.7. The van der Waals surface area contributed by atoms with Gasteiger partial charge in [-0.3, -0.25) is 37.3 Å². The second-order valence-corrected chi connectivity index (χ2v) is 36.8. The van der Waals surface area contributed by atoms with Gasteiger partial charge >= 0.3 is 39.5 Å². The Morgan fingerprint density at radius 3 is 0.607 bits per heavy atom. The number of rotatable bonds is 93. The van der Waals surface area contributed by atoms with Crippen molar-refractivity contribution in [3.8, 4) is 0 Å². The lowest BCUT2D eigenvalue weighted by Crippen LogP contribution is -2.30. The van der Waals surface area contributed by atoms with E-state index in [1.165, 1.54) is 334 Å². The Labute approximate surface area is 689 Å². The first kappa shape index (κ1) is 110. The number of carbonyl (C=O) groups excluding carboxylic acids is 4. The molecule has 0 spiro atoms. The van der Waals surface area contributed by atoms with E-state index in [1.807, 2.05) is 0 Å². The van der Waals surface area contributed by atoms with Crippen molar-refractivity contribution in [1.82, 2.24) is 0 Å². The zero-order valence-corrected chi connectivity index (χ0v) is 75.6. The fraction of sp³-hybridized carbons (Fsp3) is 0.957. The smallest absolute Gasteiger partial charge is 0.462 e. The Balaban J connectivity index is 5.22. The number of aliphatic hydroxyl groups is 1. The van der Waals surface area contributed by atoms with Crippen LogP contribution in [0, 0.1) is 5.92 Å². The molecule has 0 fully saturated rings. The fourth-order valence-corrected chi connectivity index (χ4v) is 16.3. The van der Waals surface area contributed by atoms with E-state index in [9.17, 15) is 43.2 Å². The van der Waals surface area contributed by atoms with Gasteiger partial charge in [-0.05, 0) is 31.6 Å². The summed E-state index contributed by atoms with van der Waals surface area (Å²) in [7, 11) is -9.94. The molecule has 0 aliphatic carbocycles. The van der Waals surface area contributed by atoms with E-state index >= 15 is 0 Å². The largest absolute Gasteiger partial charge is 0.472 e. The third-order valence-corrected chi connectivity index (χ3v) is 23.9. The molecule has 0 aromatic carbocycles. The average molecular weight is 1630 g/mol. The molecule has 0 aliphatic heterocycles. The molecule has 19 heteroatoms. The number of phosphoric acid groups is 2. The Bertz CT molecular complexity index is 2120. The number of carbonyl (C=O) groups is 4. The number of phosphoric ester groups is 2. The van der Waals surface area contributed by atoms with Crippen molar-refractivity contribution in [1.29, 1.82) is 0 Å². The third kappa shape index (κ3) is 85.9. The van der Waals surface area contributed by atoms with E-state index in [-0.39, 0.29) is 25.7 Å². The Morgan fingerprint density at radius 2 is 0.411 bits per heavy atom. The molecule has 112 heavy (non-hydrogen) atoms. The molecule has 0 saturated heterocycles. The lowest BCUT2D eigenvalue weighted by Gasteiger charge is -2.21. The van der Waals surface area contributed by atoms with E-state index in [4.69, 9.17) is 37.0 Å². The number of ether oxygens (including phenoxy) is 4. The Kier molecular flexibility index (Phi) is 84.0. The van der Waals surface area contributed by atoms with Crippen molar-refractivity contribution in [3.63, 3.8) is 0 Å². The summed E-state index contributed by atoms with van der Waals surface area (Å²) in [6.45, 7) is 7.44. The molecule has 0 aromatic heterocycles. The van der Waals surface area contributed by atoms with Gasteiger partial charge in [0.05, 0.1) is 26.4 Å². The highest BCUT2D eigenvalue weighted by molar-refractivity contribution is 7.47. The van der Waals surface area contributed by atoms with E-state index < -0.39 is 97.5 Å². The summed E-state index contributed by atoms with van der Waals surface area (Å²) in [6, 6.07) is 0. The second-order valence-electron chi connectivity index (χ2n) is 33.9. The van der Waals surface area contributed by atoms with E-state index in [0.717, 1.165) is 95.8 Å². The number of esters is 4. The van der Waals surface area contributed by atoms with Gasteiger partial charge in [0, 0.05) is 25.7 Å². The number of hydrogen-bond donors (Lipinski definition) is 3. The van der Waals surface area contributed by atoms with Crippen molar-refractivity contribution < 1.29 is 80.2 Å². The zero-order chi connectivity index (χ0) is 81.8. The van der Waals surface area contributed by atoms with Crippen LogP contribution in [0.2, 0.25) is 0 Å². The van der Waals surface area contributed by atoms with Crippen molar-refractivity contribution in [2.24, 2.45) is 5.92 Å². The molecule has 17 nitrogen and oxygen atoms in total. The van der Waals surface area contributed by atoms with Gasteiger partial charge in [-0.15, -0.1) is 0 Å². The maximum Gasteiger partial charge on any atom is 0.472 e. The number of unbranched alkanes of at least 4 members (excludes halogenated alkanes) is 65. The van der Waals surface area contributed by atoms with E-state index in [1.54, 1.807) is 0 Å². The highest BCUT2D eigenvalue weighted by Crippen LogP contribution is 2.45. The highest BCUT2D eigenvalue weighted by atomic mass is 31.2. The molecule has 0 saturated carbocycles. The van der Waals surface area contributed by atoms with Crippen LogP contribution in [-0.4, -0.2) is 96.7 Å². The molecule has 0 aliphatic rings. The van der Waals surface area contributed by atoms with Crippen LogP contribution < -0.4 is 0 Å². The standard InChI is InChI=1S/C93H182O17P2/c1-6-9-12-15-18-21-24-26-28-30-32-33-34-35-41-45-49-54-59-64-69-74-79-93(98)110-89(83-104-91(96)77-72-67-62-57-52-47-43-40-37-36-38-42-46-51-55-60-65-70-75-86(4)5)85-108-112(101,102)106-81-87(94)80-105-111(99,100)107-84-88(82-103-90(95)76-71-66-61-56-50-23-20-17-14-11-8-3)109-92(97)78-73-68-63-58-53-48-44-39-31-29-27-25-22-19-16-13-10-7-2/h86-89,94H,6-85H2,1-5H3,(H,99,100)(H,101,102)/t87-,88+,89+/m0/s1. The molecule has 2 unspecified atom stereocenters. The summed E-state index contributed by atoms with van der Waals surface area (Å²) in [5, 5.41) is 10.7. The summed E-state index contributed by atoms with van der Waals surface area (Å²) in [6.07, 6.45) is 82.1. The molecule has 3 N–H and O–H groups in total. The minimum absolute atomic E-state index is 0.109. The van der Waals surface area contributed by atoms with Crippen molar-refractivity contribution in [2.45, 2.75) is 528 Å². The van der Waals surface area contributed by atoms with Gasteiger partial charge in [-0.1, -0.05) is 458 Å². The monoisotopic (exact) mass is 1630 g/mol. The van der Waals surface area contributed by atoms with Crippen LogP contribution in [0.15, 0.2) is 0 Å². The van der Waals surface area contributed by atoms with Crippen LogP contribution in [0.3, 0.4) is 0 Å². The lowest BCUT2D eigenvalue weighted by atomic mass is 10.0. The first-order chi connectivity index (χ1) is 54.5. The quantitative estimate of drug-likeness (QED) is 0.0222. The molecular formula is C93H182O17P2. The van der Waals surface area contributed by atoms with Gasteiger partial charge in [0.15, 0.2) is 12.2 Å². The summed E-state index contributed by atoms with van der Waals surface area (Å²) in [5.74, 6) is -1.27. The van der Waals surface area contributed by atoms with E-state index in [0.29, 0.717) is 25.7 Å². The molecular weight excluding hydrogens is 1450 g/mol. The number of hydrogen-bond acceptors (Lipinski definition) is 15. The molecule has 0 amide bonds. The van der Waals surface area contributed by atoms with Crippen molar-refractivity contribution >= 4 is 39.5 Å². The predicted molar refractivity (Wildman–Crippen MR) is 465 cm³/mol. The lowest BCUT2D eigenvalue weighted by molar-refractivity contribution is -0.161. The van der Waals surface area contributed by atoms with Crippen LogP contribution >= 0.6 is 15.6 Å². The molecule has 0 bridgehead atoms. The minimum atomic E-state index is -4.97. The summed E-state index contributed by atoms with van der Waals surface area (Å²) in [5.41, 5.74) is 0. The highest BCUT2D eigenvalue weighted by Gasteiger charge is 2.31. The van der Waals surface area contributed by atoms with Gasteiger partial charge in [0.25, 0.3) is 0 Å². The summed E-state index contributed by atoms with van der Waals surface area (Å²) >= 11 is 0. The average Bonchev–Trinajstić information content (AvgIpc) is 0.898. The molecule has 666 valence electrons. The third-order valence-electron chi connectivity index (χ3n) is 22.0. The van der Waals surface area contributed by atoms with Crippen LogP contribution in [0.4, 0.5) is 0 Å². The van der Waals surface area contributed by atoms with Crippen molar-refractivity contribution in [3.05, 3.63) is 0 Å². The molecule has 0 radical (unpaired) electrons. The maximum absolute atomic E-state index is 13.2. The first-order valence-corrected chi connectivity index (χ1v) is 51.1. The predicted octanol–water partition coefficient (Wildman–Crippen LogP) is 29.1.